The Kier molecular flexibility index (Phi) is 3.72. The van der Waals surface area contributed by atoms with Gasteiger partial charge in [0, 0.05) is 25.2 Å². The molecule has 6 heteroatoms. The van der Waals surface area contributed by atoms with Crippen molar-refractivity contribution in [1.29, 1.82) is 0 Å². The maximum Gasteiger partial charge on any atom is 0.321 e. The van der Waals surface area contributed by atoms with Gasteiger partial charge in [0.2, 0.25) is 0 Å². The van der Waals surface area contributed by atoms with Crippen molar-refractivity contribution >= 4 is 32.7 Å². The third-order valence-corrected chi connectivity index (χ3v) is 5.39. The van der Waals surface area contributed by atoms with Crippen molar-refractivity contribution in [3.05, 3.63) is 24.3 Å². The molecule has 0 bridgehead atoms. The Morgan fingerprint density at radius 2 is 1.95 bits per heavy atom. The second-order valence-electron chi connectivity index (χ2n) is 6.13. The molecule has 0 unspecified atom stereocenters. The first-order valence-corrected chi connectivity index (χ1v) is 8.77. The Balaban J connectivity index is 1.30. The zero-order valence-corrected chi connectivity index (χ0v) is 13.2. The summed E-state index contributed by atoms with van der Waals surface area (Å²) in [4.78, 5) is 19.1. The summed E-state index contributed by atoms with van der Waals surface area (Å²) in [6.07, 6.45) is 4.81. The van der Waals surface area contributed by atoms with E-state index < -0.39 is 0 Å². The minimum Gasteiger partial charge on any atom is -0.335 e. The number of anilines is 1. The van der Waals surface area contributed by atoms with Crippen molar-refractivity contribution in [2.24, 2.45) is 0 Å². The number of amides is 2. The number of urea groups is 1. The summed E-state index contributed by atoms with van der Waals surface area (Å²) in [6.45, 7) is 2.22. The predicted octanol–water partition coefficient (Wildman–Crippen LogP) is 3.04. The van der Waals surface area contributed by atoms with Crippen LogP contribution in [0.15, 0.2) is 24.3 Å². The van der Waals surface area contributed by atoms with Crippen molar-refractivity contribution in [2.45, 2.75) is 37.8 Å². The normalized spacial score (nSPS) is 20.2. The number of hydrogen-bond donors (Lipinski definition) is 2. The van der Waals surface area contributed by atoms with Crippen LogP contribution in [0.5, 0.6) is 0 Å². The summed E-state index contributed by atoms with van der Waals surface area (Å²) in [7, 11) is 0. The van der Waals surface area contributed by atoms with Crippen molar-refractivity contribution in [3.8, 4) is 0 Å². The number of fused-ring (bicyclic) bond motifs is 1. The van der Waals surface area contributed by atoms with Crippen LogP contribution >= 0.6 is 11.3 Å². The maximum atomic E-state index is 12.1. The van der Waals surface area contributed by atoms with Crippen LogP contribution in [0.3, 0.4) is 0 Å². The van der Waals surface area contributed by atoms with E-state index in [1.807, 2.05) is 24.3 Å². The topological polar surface area (TPSA) is 57.3 Å². The largest absolute Gasteiger partial charge is 0.335 e. The van der Waals surface area contributed by atoms with Gasteiger partial charge in [-0.25, -0.2) is 9.78 Å². The Labute approximate surface area is 133 Å². The van der Waals surface area contributed by atoms with Crippen molar-refractivity contribution in [3.63, 3.8) is 0 Å². The Morgan fingerprint density at radius 1 is 1.18 bits per heavy atom. The molecule has 1 aliphatic carbocycles. The number of carbonyl (C=O) groups is 1. The minimum absolute atomic E-state index is 0.135. The van der Waals surface area contributed by atoms with Gasteiger partial charge in [-0.15, -0.1) is 0 Å². The molecule has 1 aromatic carbocycles. The average molecular weight is 316 g/mol. The molecule has 22 heavy (non-hydrogen) atoms. The highest BCUT2D eigenvalue weighted by Crippen LogP contribution is 2.29. The summed E-state index contributed by atoms with van der Waals surface area (Å²) in [6, 6.07) is 8.90. The molecule has 1 aromatic heterocycles. The lowest BCUT2D eigenvalue weighted by molar-refractivity contribution is 0.189. The fraction of sp³-hybridized carbons (Fsp3) is 0.500. The van der Waals surface area contributed by atoms with E-state index in [0.717, 1.165) is 42.2 Å². The third-order valence-electron chi connectivity index (χ3n) is 4.44. The molecule has 4 rings (SSSR count). The predicted molar refractivity (Wildman–Crippen MR) is 89.4 cm³/mol. The van der Waals surface area contributed by atoms with Gasteiger partial charge in [-0.3, -0.25) is 5.32 Å². The molecule has 1 saturated heterocycles. The lowest BCUT2D eigenvalue weighted by Gasteiger charge is -2.32. The molecule has 2 N–H and O–H groups in total. The van der Waals surface area contributed by atoms with Gasteiger partial charge in [0.1, 0.15) is 0 Å². The number of piperidine rings is 1. The SMILES string of the molecule is O=C(Nc1nc2ccccc2s1)NC1CCN(C2CC2)CC1. The van der Waals surface area contributed by atoms with Crippen molar-refractivity contribution < 1.29 is 4.79 Å². The van der Waals surface area contributed by atoms with Gasteiger partial charge in [-0.1, -0.05) is 23.5 Å². The van der Waals surface area contributed by atoms with Crippen LogP contribution in [0.4, 0.5) is 9.93 Å². The molecule has 0 spiro atoms. The molecule has 2 fully saturated rings. The molecule has 2 heterocycles. The van der Waals surface area contributed by atoms with Gasteiger partial charge in [-0.2, -0.15) is 0 Å². The molecule has 0 radical (unpaired) electrons. The minimum atomic E-state index is -0.135. The second-order valence-corrected chi connectivity index (χ2v) is 7.16. The van der Waals surface area contributed by atoms with Gasteiger partial charge < -0.3 is 10.2 Å². The average Bonchev–Trinajstić information content (AvgIpc) is 3.28. The summed E-state index contributed by atoms with van der Waals surface area (Å²) < 4.78 is 1.09. The van der Waals surface area contributed by atoms with E-state index in [1.54, 1.807) is 0 Å². The van der Waals surface area contributed by atoms with Crippen LogP contribution in [-0.2, 0) is 0 Å². The number of nitrogens with zero attached hydrogens (tertiary/aromatic N) is 2. The van der Waals surface area contributed by atoms with Crippen LogP contribution in [0.25, 0.3) is 10.2 Å². The van der Waals surface area contributed by atoms with Crippen molar-refractivity contribution in [1.82, 2.24) is 15.2 Å². The van der Waals surface area contributed by atoms with E-state index in [1.165, 1.54) is 24.2 Å². The highest BCUT2D eigenvalue weighted by atomic mass is 32.1. The lowest BCUT2D eigenvalue weighted by atomic mass is 10.1. The summed E-state index contributed by atoms with van der Waals surface area (Å²) in [5.41, 5.74) is 0.931. The fourth-order valence-electron chi connectivity index (χ4n) is 3.09. The Morgan fingerprint density at radius 3 is 2.68 bits per heavy atom. The van der Waals surface area contributed by atoms with Gasteiger partial charge in [0.05, 0.1) is 10.2 Å². The first-order chi connectivity index (χ1) is 10.8. The summed E-state index contributed by atoms with van der Waals surface area (Å²) in [5, 5.41) is 6.61. The number of benzene rings is 1. The lowest BCUT2D eigenvalue weighted by Crippen LogP contribution is -2.46. The molecule has 0 atom stereocenters. The molecule has 2 aromatic rings. The highest BCUT2D eigenvalue weighted by molar-refractivity contribution is 7.22. The van der Waals surface area contributed by atoms with Gasteiger partial charge in [0.25, 0.3) is 0 Å². The monoisotopic (exact) mass is 316 g/mol. The molecular formula is C16H20N4OS. The number of thiazole rings is 1. The molecule has 116 valence electrons. The van der Waals surface area contributed by atoms with E-state index in [0.29, 0.717) is 5.13 Å². The summed E-state index contributed by atoms with van der Waals surface area (Å²) in [5.74, 6) is 0. The number of carbonyl (C=O) groups excluding carboxylic acids is 1. The van der Waals surface area contributed by atoms with Gasteiger partial charge in [-0.05, 0) is 37.8 Å². The third kappa shape index (κ3) is 3.08. The number of aromatic nitrogens is 1. The first kappa shape index (κ1) is 14.0. The number of rotatable bonds is 3. The number of nitrogens with one attached hydrogen (secondary N) is 2. The van der Waals surface area contributed by atoms with E-state index >= 15 is 0 Å². The summed E-state index contributed by atoms with van der Waals surface area (Å²) >= 11 is 1.51. The van der Waals surface area contributed by atoms with Crippen LogP contribution < -0.4 is 10.6 Å². The van der Waals surface area contributed by atoms with Gasteiger partial charge >= 0.3 is 6.03 Å². The van der Waals surface area contributed by atoms with Crippen LogP contribution in [0, 0.1) is 0 Å². The van der Waals surface area contributed by atoms with E-state index in [-0.39, 0.29) is 12.1 Å². The molecule has 1 aliphatic heterocycles. The van der Waals surface area contributed by atoms with Crippen LogP contribution in [0.2, 0.25) is 0 Å². The second kappa shape index (κ2) is 5.85. The van der Waals surface area contributed by atoms with Crippen LogP contribution in [-0.4, -0.2) is 41.1 Å². The standard InChI is InChI=1S/C16H20N4OS/c21-15(17-11-7-9-20(10-8-11)12-5-6-12)19-16-18-13-3-1-2-4-14(13)22-16/h1-4,11-12H,5-10H2,(H2,17,18,19,21). The Hall–Kier alpha value is -1.66. The smallest absolute Gasteiger partial charge is 0.321 e. The molecule has 2 aliphatic rings. The van der Waals surface area contributed by atoms with Crippen molar-refractivity contribution in [2.75, 3.05) is 18.4 Å². The fourth-order valence-corrected chi connectivity index (χ4v) is 3.95. The number of hydrogen-bond acceptors (Lipinski definition) is 4. The molecular weight excluding hydrogens is 296 g/mol. The molecule has 2 amide bonds. The van der Waals surface area contributed by atoms with E-state index in [4.69, 9.17) is 0 Å². The maximum absolute atomic E-state index is 12.1. The quantitative estimate of drug-likeness (QED) is 0.915. The molecule has 1 saturated carbocycles. The zero-order valence-electron chi connectivity index (χ0n) is 12.4. The zero-order chi connectivity index (χ0) is 14.9. The number of para-hydroxylation sites is 1. The van der Waals surface area contributed by atoms with E-state index in [2.05, 4.69) is 20.5 Å². The molecule has 5 nitrogen and oxygen atoms in total. The number of likely N-dealkylation sites (tertiary alicyclic amines) is 1. The van der Waals surface area contributed by atoms with E-state index in [9.17, 15) is 4.79 Å². The highest BCUT2D eigenvalue weighted by Gasteiger charge is 2.32. The van der Waals surface area contributed by atoms with Gasteiger partial charge in [0.15, 0.2) is 5.13 Å². The first-order valence-electron chi connectivity index (χ1n) is 7.95. The van der Waals surface area contributed by atoms with Crippen LogP contribution in [0.1, 0.15) is 25.7 Å². The Bertz CT molecular complexity index is 641.